The number of nitrogens with zero attached hydrogens (tertiary/aromatic N) is 1. The first kappa shape index (κ1) is 15.1. The summed E-state index contributed by atoms with van der Waals surface area (Å²) in [6.45, 7) is 2.02. The highest BCUT2D eigenvalue weighted by molar-refractivity contribution is 7.86. The van der Waals surface area contributed by atoms with E-state index in [-0.39, 0.29) is 12.5 Å². The van der Waals surface area contributed by atoms with Gasteiger partial charge in [-0.25, -0.2) is 0 Å². The average Bonchev–Trinajstić information content (AvgIpc) is 2.28. The van der Waals surface area contributed by atoms with Gasteiger partial charge in [0, 0.05) is 12.8 Å². The van der Waals surface area contributed by atoms with Crippen LogP contribution in [0.3, 0.4) is 0 Å². The smallest absolute Gasteiger partial charge is 0.265 e. The van der Waals surface area contributed by atoms with E-state index in [1.165, 1.54) is 0 Å². The molecule has 102 valence electrons. The van der Waals surface area contributed by atoms with Gasteiger partial charge in [-0.05, 0) is 30.9 Å². The zero-order chi connectivity index (χ0) is 13.6. The highest BCUT2D eigenvalue weighted by atomic mass is 32.2. The van der Waals surface area contributed by atoms with Gasteiger partial charge in [0.25, 0.3) is 10.1 Å². The Morgan fingerprint density at radius 3 is 2.67 bits per heavy atom. The van der Waals surface area contributed by atoms with Crippen molar-refractivity contribution in [2.45, 2.75) is 25.9 Å². The van der Waals surface area contributed by atoms with Gasteiger partial charge in [-0.15, -0.1) is 0 Å². The number of aliphatic hydroxyl groups is 1. The Hall–Kier alpha value is -0.980. The largest absolute Gasteiger partial charge is 0.396 e. The molecule has 0 aromatic carbocycles. The van der Waals surface area contributed by atoms with Crippen molar-refractivity contribution in [3.8, 4) is 0 Å². The van der Waals surface area contributed by atoms with Gasteiger partial charge in [0.1, 0.15) is 6.10 Å². The van der Waals surface area contributed by atoms with Crippen molar-refractivity contribution in [3.05, 3.63) is 30.1 Å². The SMILES string of the molecule is C[C@H](CCO)CC(OS(C)(=O)=O)c1ccccn1. The highest BCUT2D eigenvalue weighted by Gasteiger charge is 2.21. The summed E-state index contributed by atoms with van der Waals surface area (Å²) in [5.74, 6) is 0.156. The molecule has 0 radical (unpaired) electrons. The molecule has 0 saturated carbocycles. The summed E-state index contributed by atoms with van der Waals surface area (Å²) in [5.41, 5.74) is 0.590. The van der Waals surface area contributed by atoms with Gasteiger partial charge in [-0.1, -0.05) is 13.0 Å². The molecular formula is C12H19NO4S. The molecule has 1 rings (SSSR count). The van der Waals surface area contributed by atoms with E-state index in [1.54, 1.807) is 24.4 Å². The lowest BCUT2D eigenvalue weighted by Crippen LogP contribution is -2.15. The van der Waals surface area contributed by atoms with E-state index in [9.17, 15) is 8.42 Å². The molecule has 0 fully saturated rings. The maximum Gasteiger partial charge on any atom is 0.265 e. The summed E-state index contributed by atoms with van der Waals surface area (Å²) in [4.78, 5) is 4.12. The Morgan fingerprint density at radius 1 is 1.44 bits per heavy atom. The van der Waals surface area contributed by atoms with Crippen LogP contribution >= 0.6 is 0 Å². The van der Waals surface area contributed by atoms with Gasteiger partial charge >= 0.3 is 0 Å². The van der Waals surface area contributed by atoms with Gasteiger partial charge in [0.15, 0.2) is 0 Å². The third-order valence-corrected chi connectivity index (χ3v) is 3.13. The van der Waals surface area contributed by atoms with Crippen molar-refractivity contribution in [1.82, 2.24) is 4.98 Å². The number of pyridine rings is 1. The maximum absolute atomic E-state index is 11.3. The van der Waals surface area contributed by atoms with Gasteiger partial charge in [0.05, 0.1) is 11.9 Å². The van der Waals surface area contributed by atoms with Crippen molar-refractivity contribution in [1.29, 1.82) is 0 Å². The van der Waals surface area contributed by atoms with Crippen LogP contribution in [-0.4, -0.2) is 31.4 Å². The molecule has 0 spiro atoms. The summed E-state index contributed by atoms with van der Waals surface area (Å²) in [6.07, 6.45) is 3.15. The lowest BCUT2D eigenvalue weighted by atomic mass is 9.98. The van der Waals surface area contributed by atoms with Crippen molar-refractivity contribution in [2.24, 2.45) is 5.92 Å². The molecule has 1 unspecified atom stereocenters. The lowest BCUT2D eigenvalue weighted by molar-refractivity contribution is 0.164. The quantitative estimate of drug-likeness (QED) is 0.762. The van der Waals surface area contributed by atoms with E-state index in [0.29, 0.717) is 18.5 Å². The second kappa shape index (κ2) is 6.82. The minimum Gasteiger partial charge on any atom is -0.396 e. The van der Waals surface area contributed by atoms with Gasteiger partial charge < -0.3 is 5.11 Å². The third kappa shape index (κ3) is 5.57. The van der Waals surface area contributed by atoms with E-state index in [0.717, 1.165) is 6.26 Å². The number of aromatic nitrogens is 1. The second-order valence-electron chi connectivity index (χ2n) is 4.40. The predicted octanol–water partition coefficient (Wildman–Crippen LogP) is 1.51. The molecule has 1 aromatic heterocycles. The fraction of sp³-hybridized carbons (Fsp3) is 0.583. The fourth-order valence-electron chi connectivity index (χ4n) is 1.69. The van der Waals surface area contributed by atoms with Crippen LogP contribution < -0.4 is 0 Å². The normalized spacial score (nSPS) is 15.3. The predicted molar refractivity (Wildman–Crippen MR) is 68.4 cm³/mol. The van der Waals surface area contributed by atoms with E-state index < -0.39 is 16.2 Å². The molecule has 6 heteroatoms. The fourth-order valence-corrected chi connectivity index (χ4v) is 2.29. The van der Waals surface area contributed by atoms with Crippen LogP contribution in [0.15, 0.2) is 24.4 Å². The van der Waals surface area contributed by atoms with E-state index in [4.69, 9.17) is 9.29 Å². The Kier molecular flexibility index (Phi) is 5.71. The van der Waals surface area contributed by atoms with Crippen molar-refractivity contribution in [3.63, 3.8) is 0 Å². The van der Waals surface area contributed by atoms with Gasteiger partial charge in [-0.3, -0.25) is 9.17 Å². The van der Waals surface area contributed by atoms with Crippen LogP contribution in [0.25, 0.3) is 0 Å². The number of aliphatic hydroxyl groups excluding tert-OH is 1. The van der Waals surface area contributed by atoms with Crippen LogP contribution in [0, 0.1) is 5.92 Å². The Morgan fingerprint density at radius 2 is 2.17 bits per heavy atom. The minimum atomic E-state index is -3.53. The van der Waals surface area contributed by atoms with Crippen LogP contribution in [0.4, 0.5) is 0 Å². The Balaban J connectivity index is 2.82. The molecule has 0 aliphatic carbocycles. The van der Waals surface area contributed by atoms with E-state index >= 15 is 0 Å². The van der Waals surface area contributed by atoms with E-state index in [2.05, 4.69) is 4.98 Å². The summed E-state index contributed by atoms with van der Waals surface area (Å²) in [6, 6.07) is 5.29. The number of rotatable bonds is 7. The first-order valence-corrected chi connectivity index (χ1v) is 7.64. The van der Waals surface area contributed by atoms with Crippen LogP contribution in [0.2, 0.25) is 0 Å². The molecule has 0 bridgehead atoms. The van der Waals surface area contributed by atoms with Crippen molar-refractivity contribution >= 4 is 10.1 Å². The minimum absolute atomic E-state index is 0.0784. The average molecular weight is 273 g/mol. The number of hydrogen-bond acceptors (Lipinski definition) is 5. The van der Waals surface area contributed by atoms with Crippen LogP contribution in [-0.2, 0) is 14.3 Å². The molecule has 18 heavy (non-hydrogen) atoms. The summed E-state index contributed by atoms with van der Waals surface area (Å²) >= 11 is 0. The molecule has 0 aliphatic rings. The van der Waals surface area contributed by atoms with Gasteiger partial charge in [0.2, 0.25) is 0 Å². The van der Waals surface area contributed by atoms with Gasteiger partial charge in [-0.2, -0.15) is 8.42 Å². The third-order valence-electron chi connectivity index (χ3n) is 2.55. The lowest BCUT2D eigenvalue weighted by Gasteiger charge is -2.19. The summed E-state index contributed by atoms with van der Waals surface area (Å²) < 4.78 is 27.6. The number of hydrogen-bond donors (Lipinski definition) is 1. The molecule has 0 saturated heterocycles. The molecule has 5 nitrogen and oxygen atoms in total. The first-order chi connectivity index (χ1) is 8.42. The second-order valence-corrected chi connectivity index (χ2v) is 6.00. The highest BCUT2D eigenvalue weighted by Crippen LogP contribution is 2.26. The topological polar surface area (TPSA) is 76.5 Å². The maximum atomic E-state index is 11.3. The molecule has 1 aromatic rings. The monoisotopic (exact) mass is 273 g/mol. The molecule has 1 heterocycles. The Bertz CT molecular complexity index is 446. The van der Waals surface area contributed by atoms with E-state index in [1.807, 2.05) is 6.92 Å². The molecular weight excluding hydrogens is 254 g/mol. The standard InChI is InChI=1S/C12H19NO4S/c1-10(6-8-14)9-12(17-18(2,15)16)11-5-3-4-7-13-11/h3-5,7,10,12,14H,6,8-9H2,1-2H3/t10-,12?/m1/s1. The molecule has 2 atom stereocenters. The molecule has 1 N–H and O–H groups in total. The van der Waals surface area contributed by atoms with Crippen molar-refractivity contribution < 1.29 is 17.7 Å². The van der Waals surface area contributed by atoms with Crippen molar-refractivity contribution in [2.75, 3.05) is 12.9 Å². The zero-order valence-corrected chi connectivity index (χ0v) is 11.4. The van der Waals surface area contributed by atoms with Crippen LogP contribution in [0.1, 0.15) is 31.6 Å². The molecule has 0 amide bonds. The summed E-state index contributed by atoms with van der Waals surface area (Å²) in [5, 5.41) is 8.88. The Labute approximate surface area is 108 Å². The summed E-state index contributed by atoms with van der Waals surface area (Å²) in [7, 11) is -3.53. The first-order valence-electron chi connectivity index (χ1n) is 5.82. The zero-order valence-electron chi connectivity index (χ0n) is 10.6. The molecule has 0 aliphatic heterocycles. The van der Waals surface area contributed by atoms with Crippen LogP contribution in [0.5, 0.6) is 0 Å².